The Morgan fingerprint density at radius 2 is 1.73 bits per heavy atom. The van der Waals surface area contributed by atoms with Gasteiger partial charge in [-0.2, -0.15) is 13.2 Å². The van der Waals surface area contributed by atoms with E-state index >= 15 is 0 Å². The highest BCUT2D eigenvalue weighted by Crippen LogP contribution is 2.35. The first-order valence-corrected chi connectivity index (χ1v) is 8.05. The van der Waals surface area contributed by atoms with Crippen molar-refractivity contribution in [1.29, 1.82) is 0 Å². The number of fused-ring (bicyclic) bond motifs is 2. The molecule has 1 heterocycles. The number of carbonyl (C=O) groups excluding carboxylic acids is 1. The number of hydrogen-bond donors (Lipinski definition) is 1. The van der Waals surface area contributed by atoms with Crippen molar-refractivity contribution < 1.29 is 37.3 Å². The van der Waals surface area contributed by atoms with Gasteiger partial charge in [0.2, 0.25) is 0 Å². The van der Waals surface area contributed by atoms with Crippen LogP contribution in [0.15, 0.2) is 42.5 Å². The van der Waals surface area contributed by atoms with Gasteiger partial charge in [-0.1, -0.05) is 18.2 Å². The van der Waals surface area contributed by atoms with E-state index < -0.39 is 12.1 Å². The zero-order chi connectivity index (χ0) is 19.9. The summed E-state index contributed by atoms with van der Waals surface area (Å²) in [6.45, 7) is 1.86. The predicted octanol–water partition coefficient (Wildman–Crippen LogP) is 4.46. The van der Waals surface area contributed by atoms with Crippen LogP contribution in [0, 0.1) is 10.5 Å². The van der Waals surface area contributed by atoms with Gasteiger partial charge >= 0.3 is 18.1 Å². The normalized spacial score (nSPS) is 11.4. The summed E-state index contributed by atoms with van der Waals surface area (Å²) in [5, 5.41) is 7.12. The molecule has 0 atom stereocenters. The molecule has 5 nitrogen and oxygen atoms in total. The summed E-state index contributed by atoms with van der Waals surface area (Å²) < 4.78 is 43.0. The molecular formula is C17H14F3IO5. The lowest BCUT2D eigenvalue weighted by molar-refractivity contribution is -0.192. The molecule has 0 saturated carbocycles. The molecule has 0 saturated heterocycles. The van der Waals surface area contributed by atoms with Crippen molar-refractivity contribution in [2.75, 3.05) is 7.11 Å². The van der Waals surface area contributed by atoms with E-state index in [2.05, 4.69) is 34.7 Å². The average Bonchev–Trinajstić information content (AvgIpc) is 2.90. The maximum absolute atomic E-state index is 11.1. The zero-order valence-corrected chi connectivity index (χ0v) is 15.8. The Kier molecular flexibility index (Phi) is 7.87. The molecule has 1 N–H and O–H groups in total. The maximum atomic E-state index is 11.1. The number of ether oxygens (including phenoxy) is 2. The van der Waals surface area contributed by atoms with Crippen molar-refractivity contribution in [1.82, 2.24) is 0 Å². The molecule has 2 aromatic carbocycles. The molecule has 0 amide bonds. The van der Waals surface area contributed by atoms with Crippen LogP contribution in [0.2, 0.25) is 0 Å². The van der Waals surface area contributed by atoms with E-state index in [0.29, 0.717) is 17.1 Å². The second-order valence-corrected chi connectivity index (χ2v) is 6.05. The molecule has 0 radical (unpaired) electrons. The highest BCUT2D eigenvalue weighted by atomic mass is 127. The highest BCUT2D eigenvalue weighted by Gasteiger charge is 2.38. The van der Waals surface area contributed by atoms with Gasteiger partial charge in [-0.25, -0.2) is 9.59 Å². The van der Waals surface area contributed by atoms with Crippen LogP contribution >= 0.6 is 22.6 Å². The lowest BCUT2D eigenvalue weighted by atomic mass is 10.1. The molecule has 0 unspecified atom stereocenters. The predicted molar refractivity (Wildman–Crippen MR) is 95.5 cm³/mol. The van der Waals surface area contributed by atoms with Gasteiger partial charge in [0.15, 0.2) is 11.5 Å². The van der Waals surface area contributed by atoms with Crippen LogP contribution in [0.4, 0.5) is 13.2 Å². The second kappa shape index (κ2) is 9.41. The smallest absolute Gasteiger partial charge is 0.490 e. The van der Waals surface area contributed by atoms with Crippen LogP contribution in [0.25, 0.3) is 0 Å². The molecule has 1 aliphatic rings. The standard InChI is InChI=1S/C9H8O3.C6H5I.C2HF3O2/c1-5-3-7(11-2)8-4-6(5)9(10)12-8;7-6-4-2-1-3-5-6;3-2(4,5)1(6)7/h3-4H,1-2H3;1-5H;(H,6,7). The number of benzene rings is 2. The Hall–Kier alpha value is -2.30. The number of halogens is 4. The number of hydrogen-bond acceptors (Lipinski definition) is 4. The third kappa shape index (κ3) is 6.54. The number of carboxylic acids is 1. The minimum Gasteiger partial charge on any atom is -0.493 e. The third-order valence-electron chi connectivity index (χ3n) is 2.91. The molecule has 0 fully saturated rings. The van der Waals surface area contributed by atoms with Gasteiger partial charge in [-0.3, -0.25) is 0 Å². The SMILES string of the molecule is COc1cc(C)c2cc1OC2=O.Ic1ccccc1.O=C(O)C(F)(F)F. The van der Waals surface area contributed by atoms with Crippen LogP contribution in [0.3, 0.4) is 0 Å². The van der Waals surface area contributed by atoms with Gasteiger partial charge < -0.3 is 14.6 Å². The lowest BCUT2D eigenvalue weighted by Crippen LogP contribution is -2.21. The third-order valence-corrected chi connectivity index (χ3v) is 3.63. The molecule has 2 aromatic rings. The van der Waals surface area contributed by atoms with Gasteiger partial charge in [0.1, 0.15) is 0 Å². The number of esters is 1. The summed E-state index contributed by atoms with van der Waals surface area (Å²) in [6, 6.07) is 13.7. The zero-order valence-electron chi connectivity index (χ0n) is 13.6. The Morgan fingerprint density at radius 3 is 2.12 bits per heavy atom. The monoisotopic (exact) mass is 482 g/mol. The van der Waals surface area contributed by atoms with Crippen molar-refractivity contribution in [3.05, 3.63) is 57.2 Å². The number of carboxylic acid groups (broad SMARTS) is 1. The molecule has 0 aromatic heterocycles. The van der Waals surface area contributed by atoms with E-state index in [0.717, 1.165) is 5.56 Å². The number of aliphatic carboxylic acids is 1. The summed E-state index contributed by atoms with van der Waals surface area (Å²) in [7, 11) is 1.55. The first-order chi connectivity index (χ1) is 12.1. The fourth-order valence-electron chi connectivity index (χ4n) is 1.69. The molecule has 2 bridgehead atoms. The molecule has 3 rings (SSSR count). The first-order valence-electron chi connectivity index (χ1n) is 6.97. The molecule has 1 aliphatic heterocycles. The molecule has 9 heteroatoms. The molecule has 0 spiro atoms. The number of alkyl halides is 3. The molecular weight excluding hydrogens is 468 g/mol. The summed E-state index contributed by atoms with van der Waals surface area (Å²) in [6.07, 6.45) is -5.08. The van der Waals surface area contributed by atoms with Crippen LogP contribution in [-0.2, 0) is 4.79 Å². The number of aryl methyl sites for hydroxylation is 1. The number of rotatable bonds is 1. The van der Waals surface area contributed by atoms with Crippen molar-refractivity contribution in [2.45, 2.75) is 13.1 Å². The highest BCUT2D eigenvalue weighted by molar-refractivity contribution is 14.1. The van der Waals surface area contributed by atoms with Crippen molar-refractivity contribution in [3.8, 4) is 11.5 Å². The molecule has 140 valence electrons. The van der Waals surface area contributed by atoms with Crippen molar-refractivity contribution in [3.63, 3.8) is 0 Å². The fraction of sp³-hybridized carbons (Fsp3) is 0.176. The van der Waals surface area contributed by atoms with Gasteiger partial charge in [0, 0.05) is 3.57 Å². The average molecular weight is 482 g/mol. The van der Waals surface area contributed by atoms with Gasteiger partial charge in [0.05, 0.1) is 12.7 Å². The second-order valence-electron chi connectivity index (χ2n) is 4.81. The van der Waals surface area contributed by atoms with E-state index in [-0.39, 0.29) is 5.97 Å². The van der Waals surface area contributed by atoms with E-state index in [1.807, 2.05) is 25.1 Å². The molecule has 0 aliphatic carbocycles. The van der Waals surface area contributed by atoms with E-state index in [1.54, 1.807) is 19.2 Å². The summed E-state index contributed by atoms with van der Waals surface area (Å²) >= 11 is 2.28. The Balaban J connectivity index is 0.000000210. The number of carbonyl (C=O) groups is 2. The summed E-state index contributed by atoms with van der Waals surface area (Å²) in [4.78, 5) is 20.0. The maximum Gasteiger partial charge on any atom is 0.490 e. The minimum atomic E-state index is -5.08. The van der Waals surface area contributed by atoms with Crippen LogP contribution in [-0.4, -0.2) is 30.3 Å². The van der Waals surface area contributed by atoms with E-state index in [4.69, 9.17) is 19.4 Å². The number of methoxy groups -OCH3 is 1. The largest absolute Gasteiger partial charge is 0.493 e. The van der Waals surface area contributed by atoms with Gasteiger partial charge in [-0.05, 0) is 59.3 Å². The Bertz CT molecular complexity index is 776. The topological polar surface area (TPSA) is 72.8 Å². The van der Waals surface area contributed by atoms with Gasteiger partial charge in [-0.15, -0.1) is 0 Å². The van der Waals surface area contributed by atoms with Crippen molar-refractivity contribution >= 4 is 34.5 Å². The van der Waals surface area contributed by atoms with Crippen LogP contribution < -0.4 is 9.47 Å². The van der Waals surface area contributed by atoms with Crippen LogP contribution in [0.5, 0.6) is 11.5 Å². The van der Waals surface area contributed by atoms with E-state index in [1.165, 1.54) is 3.57 Å². The first kappa shape index (κ1) is 21.7. The van der Waals surface area contributed by atoms with E-state index in [9.17, 15) is 18.0 Å². The van der Waals surface area contributed by atoms with Crippen LogP contribution in [0.1, 0.15) is 15.9 Å². The lowest BCUT2D eigenvalue weighted by Gasteiger charge is -2.00. The minimum absolute atomic E-state index is 0.286. The molecule has 26 heavy (non-hydrogen) atoms. The Morgan fingerprint density at radius 1 is 1.19 bits per heavy atom. The Labute approximate surface area is 160 Å². The summed E-state index contributed by atoms with van der Waals surface area (Å²) in [5.41, 5.74) is 1.52. The van der Waals surface area contributed by atoms with Crippen molar-refractivity contribution in [2.24, 2.45) is 0 Å². The van der Waals surface area contributed by atoms with Gasteiger partial charge in [0.25, 0.3) is 0 Å². The fourth-order valence-corrected chi connectivity index (χ4v) is 2.11. The quantitative estimate of drug-likeness (QED) is 0.480. The summed E-state index contributed by atoms with van der Waals surface area (Å²) in [5.74, 6) is -1.91.